The van der Waals surface area contributed by atoms with Gasteiger partial charge >= 0.3 is 0 Å². The van der Waals surface area contributed by atoms with Crippen LogP contribution < -0.4 is 5.73 Å². The van der Waals surface area contributed by atoms with Crippen LogP contribution in [0.25, 0.3) is 0 Å². The highest BCUT2D eigenvalue weighted by Crippen LogP contribution is 2.20. The van der Waals surface area contributed by atoms with Crippen molar-refractivity contribution in [2.24, 2.45) is 0 Å². The summed E-state index contributed by atoms with van der Waals surface area (Å²) in [7, 11) is 0. The fourth-order valence-corrected chi connectivity index (χ4v) is 3.13. The number of aryl methyl sites for hydroxylation is 1. The van der Waals surface area contributed by atoms with Gasteiger partial charge in [0.2, 0.25) is 0 Å². The molecular weight excluding hydrogens is 262 g/mol. The van der Waals surface area contributed by atoms with E-state index in [1.807, 2.05) is 24.0 Å². The molecule has 1 aromatic rings. The molecule has 1 aliphatic rings. The maximum absolute atomic E-state index is 12.5. The van der Waals surface area contributed by atoms with Crippen LogP contribution in [0.4, 0.5) is 5.69 Å². The summed E-state index contributed by atoms with van der Waals surface area (Å²) in [6, 6.07) is 6.22. The van der Waals surface area contributed by atoms with E-state index in [-0.39, 0.29) is 5.91 Å². The van der Waals surface area contributed by atoms with Crippen molar-refractivity contribution in [2.45, 2.75) is 39.7 Å². The summed E-state index contributed by atoms with van der Waals surface area (Å²) in [5.41, 5.74) is 8.33. The summed E-state index contributed by atoms with van der Waals surface area (Å²) in [4.78, 5) is 17.0. The van der Waals surface area contributed by atoms with Gasteiger partial charge in [0.15, 0.2) is 0 Å². The smallest absolute Gasteiger partial charge is 0.253 e. The first-order valence-corrected chi connectivity index (χ1v) is 7.96. The van der Waals surface area contributed by atoms with Crippen LogP contribution in [0.1, 0.15) is 42.6 Å². The van der Waals surface area contributed by atoms with Crippen LogP contribution in [0.3, 0.4) is 0 Å². The fourth-order valence-electron chi connectivity index (χ4n) is 3.13. The van der Waals surface area contributed by atoms with Crippen LogP contribution in [0.2, 0.25) is 0 Å². The van der Waals surface area contributed by atoms with Gasteiger partial charge in [0.05, 0.1) is 0 Å². The van der Waals surface area contributed by atoms with Crippen molar-refractivity contribution in [2.75, 3.05) is 31.9 Å². The molecule has 4 nitrogen and oxygen atoms in total. The first-order valence-electron chi connectivity index (χ1n) is 7.96. The molecule has 0 aliphatic carbocycles. The number of likely N-dealkylation sites (tertiary alicyclic amines) is 1. The number of rotatable bonds is 4. The standard InChI is InChI=1S/C17H27N3O/c1-4-19(5-2)15-8-10-20(11-9-15)17(21)14-7-6-13(3)16(18)12-14/h6-7,12,15H,4-5,8-11,18H2,1-3H3. The number of carbonyl (C=O) groups is 1. The quantitative estimate of drug-likeness (QED) is 0.867. The monoisotopic (exact) mass is 289 g/mol. The molecule has 1 saturated heterocycles. The van der Waals surface area contributed by atoms with Crippen LogP contribution in [-0.2, 0) is 0 Å². The van der Waals surface area contributed by atoms with E-state index in [0.29, 0.717) is 17.3 Å². The predicted molar refractivity (Wildman–Crippen MR) is 87.4 cm³/mol. The Morgan fingerprint density at radius 2 is 1.90 bits per heavy atom. The Balaban J connectivity index is 1.98. The highest BCUT2D eigenvalue weighted by molar-refractivity contribution is 5.95. The Labute approximate surface area is 127 Å². The van der Waals surface area contributed by atoms with Crippen LogP contribution in [0.15, 0.2) is 18.2 Å². The molecule has 2 N–H and O–H groups in total. The van der Waals surface area contributed by atoms with Gasteiger partial charge in [-0.25, -0.2) is 0 Å². The van der Waals surface area contributed by atoms with Gasteiger partial charge in [-0.15, -0.1) is 0 Å². The Morgan fingerprint density at radius 3 is 2.43 bits per heavy atom. The molecule has 0 bridgehead atoms. The Morgan fingerprint density at radius 1 is 1.29 bits per heavy atom. The lowest BCUT2D eigenvalue weighted by molar-refractivity contribution is 0.0631. The molecule has 1 aromatic carbocycles. The molecule has 0 aromatic heterocycles. The normalized spacial score (nSPS) is 16.5. The molecule has 21 heavy (non-hydrogen) atoms. The number of hydrogen-bond acceptors (Lipinski definition) is 3. The molecular formula is C17H27N3O. The second-order valence-electron chi connectivity index (χ2n) is 5.82. The van der Waals surface area contributed by atoms with Gasteiger partial charge in [0, 0.05) is 30.4 Å². The van der Waals surface area contributed by atoms with Gasteiger partial charge in [0.25, 0.3) is 5.91 Å². The van der Waals surface area contributed by atoms with E-state index in [1.54, 1.807) is 6.07 Å². The van der Waals surface area contributed by atoms with Gasteiger partial charge in [-0.05, 0) is 50.6 Å². The van der Waals surface area contributed by atoms with Crippen molar-refractivity contribution in [3.05, 3.63) is 29.3 Å². The minimum Gasteiger partial charge on any atom is -0.398 e. The van der Waals surface area contributed by atoms with Gasteiger partial charge in [0.1, 0.15) is 0 Å². The summed E-state index contributed by atoms with van der Waals surface area (Å²) < 4.78 is 0. The molecule has 0 radical (unpaired) electrons. The van der Waals surface area contributed by atoms with Crippen molar-refractivity contribution in [3.63, 3.8) is 0 Å². The third kappa shape index (κ3) is 3.56. The van der Waals surface area contributed by atoms with Crippen molar-refractivity contribution in [1.29, 1.82) is 0 Å². The highest BCUT2D eigenvalue weighted by Gasteiger charge is 2.26. The number of amides is 1. The number of nitrogen functional groups attached to an aromatic ring is 1. The first-order chi connectivity index (χ1) is 10.1. The number of piperidine rings is 1. The summed E-state index contributed by atoms with van der Waals surface area (Å²) in [6.07, 6.45) is 2.13. The molecule has 1 fully saturated rings. The number of nitrogens with two attached hydrogens (primary N) is 1. The molecule has 116 valence electrons. The Hall–Kier alpha value is -1.55. The zero-order chi connectivity index (χ0) is 15.4. The summed E-state index contributed by atoms with van der Waals surface area (Å²) in [5.74, 6) is 0.111. The topological polar surface area (TPSA) is 49.6 Å². The minimum atomic E-state index is 0.111. The van der Waals surface area contributed by atoms with E-state index in [4.69, 9.17) is 5.73 Å². The second kappa shape index (κ2) is 6.94. The van der Waals surface area contributed by atoms with Gasteiger partial charge in [-0.3, -0.25) is 4.79 Å². The third-order valence-electron chi connectivity index (χ3n) is 4.61. The maximum atomic E-state index is 12.5. The number of nitrogens with zero attached hydrogens (tertiary/aromatic N) is 2. The Bertz CT molecular complexity index is 489. The molecule has 1 amide bonds. The van der Waals surface area contributed by atoms with Crippen molar-refractivity contribution in [1.82, 2.24) is 9.80 Å². The van der Waals surface area contributed by atoms with Gasteiger partial charge in [-0.1, -0.05) is 19.9 Å². The van der Waals surface area contributed by atoms with Crippen LogP contribution in [0, 0.1) is 6.92 Å². The van der Waals surface area contributed by atoms with Crippen LogP contribution in [0.5, 0.6) is 0 Å². The molecule has 0 atom stereocenters. The van der Waals surface area contributed by atoms with E-state index in [1.165, 1.54) is 0 Å². The van der Waals surface area contributed by atoms with E-state index in [2.05, 4.69) is 18.7 Å². The average molecular weight is 289 g/mol. The maximum Gasteiger partial charge on any atom is 0.253 e. The predicted octanol–water partition coefficient (Wildman–Crippen LogP) is 2.52. The van der Waals surface area contributed by atoms with E-state index >= 15 is 0 Å². The molecule has 2 rings (SSSR count). The summed E-state index contributed by atoms with van der Waals surface area (Å²) >= 11 is 0. The van der Waals surface area contributed by atoms with Crippen molar-refractivity contribution >= 4 is 11.6 Å². The molecule has 4 heteroatoms. The van der Waals surface area contributed by atoms with Gasteiger partial charge < -0.3 is 15.5 Å². The van der Waals surface area contributed by atoms with E-state index < -0.39 is 0 Å². The number of carbonyl (C=O) groups excluding carboxylic acids is 1. The van der Waals surface area contributed by atoms with E-state index in [9.17, 15) is 4.79 Å². The third-order valence-corrected chi connectivity index (χ3v) is 4.61. The number of anilines is 1. The van der Waals surface area contributed by atoms with Crippen LogP contribution >= 0.6 is 0 Å². The van der Waals surface area contributed by atoms with Crippen LogP contribution in [-0.4, -0.2) is 47.9 Å². The number of benzene rings is 1. The average Bonchev–Trinajstić information content (AvgIpc) is 2.51. The fraction of sp³-hybridized carbons (Fsp3) is 0.588. The highest BCUT2D eigenvalue weighted by atomic mass is 16.2. The Kier molecular flexibility index (Phi) is 5.23. The molecule has 1 aliphatic heterocycles. The molecule has 0 spiro atoms. The van der Waals surface area contributed by atoms with Crippen molar-refractivity contribution in [3.8, 4) is 0 Å². The zero-order valence-corrected chi connectivity index (χ0v) is 13.4. The lowest BCUT2D eigenvalue weighted by atomic mass is 10.0. The first kappa shape index (κ1) is 15.8. The second-order valence-corrected chi connectivity index (χ2v) is 5.82. The number of hydrogen-bond donors (Lipinski definition) is 1. The van der Waals surface area contributed by atoms with Crippen molar-refractivity contribution < 1.29 is 4.79 Å². The minimum absolute atomic E-state index is 0.111. The lowest BCUT2D eigenvalue weighted by Crippen LogP contribution is -2.46. The zero-order valence-electron chi connectivity index (χ0n) is 13.4. The van der Waals surface area contributed by atoms with Gasteiger partial charge in [-0.2, -0.15) is 0 Å². The summed E-state index contributed by atoms with van der Waals surface area (Å²) in [5, 5.41) is 0. The lowest BCUT2D eigenvalue weighted by Gasteiger charge is -2.37. The SMILES string of the molecule is CCN(CC)C1CCN(C(=O)c2ccc(C)c(N)c2)CC1. The molecule has 0 saturated carbocycles. The van der Waals surface area contributed by atoms with E-state index in [0.717, 1.165) is 44.6 Å². The largest absolute Gasteiger partial charge is 0.398 e. The molecule has 0 unspecified atom stereocenters. The summed E-state index contributed by atoms with van der Waals surface area (Å²) in [6.45, 7) is 10.2. The molecule has 1 heterocycles.